The molecule has 6 nitrogen and oxygen atoms in total. The predicted octanol–water partition coefficient (Wildman–Crippen LogP) is 3.84. The lowest BCUT2D eigenvalue weighted by Crippen LogP contribution is -2.58. The molecular weight excluding hydrogens is 414 g/mol. The minimum Gasteiger partial charge on any atom is -0.507 e. The lowest BCUT2D eigenvalue weighted by atomic mass is 10.00. The summed E-state index contributed by atoms with van der Waals surface area (Å²) in [5.41, 5.74) is -0.619. The predicted molar refractivity (Wildman–Crippen MR) is 110 cm³/mol. The lowest BCUT2D eigenvalue weighted by Gasteiger charge is -2.43. The molecule has 1 aromatic heterocycles. The number of piperazine rings is 1. The van der Waals surface area contributed by atoms with E-state index in [1.807, 2.05) is 7.05 Å². The third-order valence-electron chi connectivity index (χ3n) is 5.99. The molecule has 2 aliphatic rings. The van der Waals surface area contributed by atoms with Gasteiger partial charge < -0.3 is 14.7 Å². The van der Waals surface area contributed by atoms with E-state index in [9.17, 15) is 9.50 Å². The number of aromatic nitrogens is 2. The Kier molecular flexibility index (Phi) is 4.44. The number of phenols is 1. The summed E-state index contributed by atoms with van der Waals surface area (Å²) in [5.74, 6) is -1.29. The summed E-state index contributed by atoms with van der Waals surface area (Å²) in [4.78, 5) is 12.9. The summed E-state index contributed by atoms with van der Waals surface area (Å²) < 4.78 is 36.3. The number of ether oxygens (including phenoxy) is 1. The van der Waals surface area contributed by atoms with E-state index in [1.165, 1.54) is 18.5 Å². The van der Waals surface area contributed by atoms with Crippen molar-refractivity contribution in [1.82, 2.24) is 14.9 Å². The molecule has 156 valence electrons. The van der Waals surface area contributed by atoms with Crippen molar-refractivity contribution in [2.45, 2.75) is 19.0 Å². The van der Waals surface area contributed by atoms with E-state index in [4.69, 9.17) is 16.3 Å². The standard InChI is InChI=1S/C21H19ClF2N4O2/c1-10-6-28-11(7-27(10)2)8-30-20-16-19(25-9-26-21(16)28)18(24)15(17(20)22)14-12(23)4-3-5-13(14)29/h3-5,9-11,29H,6-8H2,1-2H3/t10-,11-/m1/s1. The molecule has 1 fully saturated rings. The molecule has 2 aromatic carbocycles. The number of phenolic OH excluding ortho intramolecular Hbond substituents is 1. The second kappa shape index (κ2) is 6.92. The van der Waals surface area contributed by atoms with Crippen molar-refractivity contribution >= 4 is 28.3 Å². The van der Waals surface area contributed by atoms with Gasteiger partial charge in [0.25, 0.3) is 0 Å². The van der Waals surface area contributed by atoms with Crippen molar-refractivity contribution in [3.05, 3.63) is 41.2 Å². The molecule has 0 aliphatic carbocycles. The second-order valence-corrected chi connectivity index (χ2v) is 8.17. The van der Waals surface area contributed by atoms with Crippen LogP contribution in [0.2, 0.25) is 5.02 Å². The van der Waals surface area contributed by atoms with Crippen LogP contribution in [0.15, 0.2) is 24.5 Å². The number of rotatable bonds is 1. The first-order chi connectivity index (χ1) is 14.4. The number of anilines is 1. The molecule has 0 bridgehead atoms. The molecule has 9 heteroatoms. The van der Waals surface area contributed by atoms with Gasteiger partial charge in [0.15, 0.2) is 11.6 Å². The monoisotopic (exact) mass is 432 g/mol. The molecule has 2 atom stereocenters. The van der Waals surface area contributed by atoms with Crippen molar-refractivity contribution in [1.29, 1.82) is 0 Å². The topological polar surface area (TPSA) is 61.7 Å². The maximum Gasteiger partial charge on any atom is 0.159 e. The molecule has 5 rings (SSSR count). The number of likely N-dealkylation sites (N-methyl/N-ethyl adjacent to an activating group) is 1. The van der Waals surface area contributed by atoms with Gasteiger partial charge in [0.2, 0.25) is 0 Å². The Morgan fingerprint density at radius 2 is 2.00 bits per heavy atom. The van der Waals surface area contributed by atoms with Crippen molar-refractivity contribution < 1.29 is 18.6 Å². The van der Waals surface area contributed by atoms with E-state index in [0.717, 1.165) is 12.6 Å². The van der Waals surface area contributed by atoms with Gasteiger partial charge in [0.1, 0.15) is 35.8 Å². The number of fused-ring (bicyclic) bond motifs is 2. The maximum atomic E-state index is 15.7. The lowest BCUT2D eigenvalue weighted by molar-refractivity contribution is 0.166. The summed E-state index contributed by atoms with van der Waals surface area (Å²) in [6, 6.07) is 4.00. The van der Waals surface area contributed by atoms with Crippen LogP contribution in [-0.4, -0.2) is 58.8 Å². The Bertz CT molecular complexity index is 1160. The number of aromatic hydroxyl groups is 1. The number of benzene rings is 2. The molecule has 1 saturated heterocycles. The van der Waals surface area contributed by atoms with Gasteiger partial charge >= 0.3 is 0 Å². The first-order valence-corrected chi connectivity index (χ1v) is 9.99. The van der Waals surface area contributed by atoms with Crippen molar-refractivity contribution in [3.8, 4) is 22.6 Å². The zero-order valence-electron chi connectivity index (χ0n) is 16.4. The highest BCUT2D eigenvalue weighted by Crippen LogP contribution is 2.49. The molecule has 30 heavy (non-hydrogen) atoms. The Morgan fingerprint density at radius 1 is 1.20 bits per heavy atom. The van der Waals surface area contributed by atoms with Crippen LogP contribution in [0.4, 0.5) is 14.6 Å². The largest absolute Gasteiger partial charge is 0.507 e. The zero-order valence-corrected chi connectivity index (χ0v) is 17.1. The van der Waals surface area contributed by atoms with Crippen LogP contribution >= 0.6 is 11.6 Å². The van der Waals surface area contributed by atoms with E-state index < -0.39 is 17.4 Å². The molecule has 2 aliphatic heterocycles. The van der Waals surface area contributed by atoms with E-state index >= 15 is 4.39 Å². The molecule has 0 spiro atoms. The van der Waals surface area contributed by atoms with Gasteiger partial charge in [-0.3, -0.25) is 4.90 Å². The quantitative estimate of drug-likeness (QED) is 0.630. The number of hydrogen-bond acceptors (Lipinski definition) is 6. The average Bonchev–Trinajstić information content (AvgIpc) is 2.87. The van der Waals surface area contributed by atoms with Gasteiger partial charge in [-0.1, -0.05) is 17.7 Å². The third kappa shape index (κ3) is 2.70. The highest BCUT2D eigenvalue weighted by atomic mass is 35.5. The van der Waals surface area contributed by atoms with E-state index in [-0.39, 0.29) is 39.5 Å². The SMILES string of the molecule is C[C@@H]1CN2c3ncnc4c(F)c(-c5c(O)cccc5F)c(Cl)c(c34)OC[C@H]2CN1C. The smallest absolute Gasteiger partial charge is 0.159 e. The van der Waals surface area contributed by atoms with Gasteiger partial charge in [0.05, 0.1) is 22.0 Å². The van der Waals surface area contributed by atoms with Crippen molar-refractivity contribution in [3.63, 3.8) is 0 Å². The Balaban J connectivity index is 1.81. The molecule has 0 saturated carbocycles. The summed E-state index contributed by atoms with van der Waals surface area (Å²) >= 11 is 6.58. The Hall–Kier alpha value is -2.71. The molecule has 0 radical (unpaired) electrons. The minimum atomic E-state index is -0.827. The van der Waals surface area contributed by atoms with Gasteiger partial charge in [0, 0.05) is 24.7 Å². The van der Waals surface area contributed by atoms with Crippen LogP contribution in [0, 0.1) is 11.6 Å². The van der Waals surface area contributed by atoms with E-state index in [0.29, 0.717) is 24.4 Å². The van der Waals surface area contributed by atoms with Gasteiger partial charge in [-0.05, 0) is 26.1 Å². The first-order valence-electron chi connectivity index (χ1n) is 9.61. The summed E-state index contributed by atoms with van der Waals surface area (Å²) in [5, 5.41) is 10.5. The third-order valence-corrected chi connectivity index (χ3v) is 6.35. The minimum absolute atomic E-state index is 0.0128. The fraction of sp³-hybridized carbons (Fsp3) is 0.333. The van der Waals surface area contributed by atoms with Crippen molar-refractivity contribution in [2.75, 3.05) is 31.6 Å². The molecule has 3 heterocycles. The van der Waals surface area contributed by atoms with Gasteiger partial charge in [-0.2, -0.15) is 0 Å². The van der Waals surface area contributed by atoms with Gasteiger partial charge in [-0.15, -0.1) is 0 Å². The fourth-order valence-corrected chi connectivity index (χ4v) is 4.62. The molecular formula is C21H19ClF2N4O2. The van der Waals surface area contributed by atoms with Crippen LogP contribution in [0.3, 0.4) is 0 Å². The average molecular weight is 433 g/mol. The van der Waals surface area contributed by atoms with Crippen LogP contribution < -0.4 is 9.64 Å². The fourth-order valence-electron chi connectivity index (χ4n) is 4.29. The highest BCUT2D eigenvalue weighted by molar-refractivity contribution is 6.36. The second-order valence-electron chi connectivity index (χ2n) is 7.79. The summed E-state index contributed by atoms with van der Waals surface area (Å²) in [7, 11) is 2.04. The van der Waals surface area contributed by atoms with Crippen LogP contribution in [0.5, 0.6) is 11.5 Å². The van der Waals surface area contributed by atoms with Crippen LogP contribution in [0.25, 0.3) is 22.0 Å². The number of halogens is 3. The summed E-state index contributed by atoms with van der Waals surface area (Å²) in [6.07, 6.45) is 1.29. The number of hydrogen-bond donors (Lipinski definition) is 1. The first kappa shape index (κ1) is 19.3. The summed E-state index contributed by atoms with van der Waals surface area (Å²) in [6.45, 7) is 3.84. The maximum absolute atomic E-state index is 15.7. The molecule has 3 aromatic rings. The highest BCUT2D eigenvalue weighted by Gasteiger charge is 2.37. The Labute approximate surface area is 176 Å². The van der Waals surface area contributed by atoms with Crippen LogP contribution in [-0.2, 0) is 0 Å². The van der Waals surface area contributed by atoms with E-state index in [2.05, 4.69) is 26.7 Å². The number of nitrogens with zero attached hydrogens (tertiary/aromatic N) is 4. The van der Waals surface area contributed by atoms with Crippen molar-refractivity contribution in [2.24, 2.45) is 0 Å². The van der Waals surface area contributed by atoms with Gasteiger partial charge in [-0.25, -0.2) is 18.7 Å². The zero-order chi connectivity index (χ0) is 21.2. The van der Waals surface area contributed by atoms with E-state index in [1.54, 1.807) is 0 Å². The molecule has 0 unspecified atom stereocenters. The normalized spacial score (nSPS) is 21.3. The molecule has 1 N–H and O–H groups in total. The molecule has 0 amide bonds. The Morgan fingerprint density at radius 3 is 2.77 bits per heavy atom. The van der Waals surface area contributed by atoms with Crippen LogP contribution in [0.1, 0.15) is 6.92 Å².